The van der Waals surface area contributed by atoms with Gasteiger partial charge in [0.05, 0.1) is 16.9 Å². The number of hydrogen-bond donors (Lipinski definition) is 1. The van der Waals surface area contributed by atoms with E-state index >= 15 is 0 Å². The maximum Gasteiger partial charge on any atom is 0.273 e. The normalized spacial score (nSPS) is 11.0. The smallest absolute Gasteiger partial charge is 0.273 e. The molecule has 2 aromatic heterocycles. The van der Waals surface area contributed by atoms with E-state index in [0.29, 0.717) is 17.9 Å². The van der Waals surface area contributed by atoms with Crippen LogP contribution in [0.3, 0.4) is 0 Å². The van der Waals surface area contributed by atoms with E-state index in [0.717, 1.165) is 34.5 Å². The van der Waals surface area contributed by atoms with Crippen molar-refractivity contribution in [2.75, 3.05) is 6.54 Å². The molecule has 0 unspecified atom stereocenters. The van der Waals surface area contributed by atoms with Crippen LogP contribution in [0.5, 0.6) is 0 Å². The quantitative estimate of drug-likeness (QED) is 0.489. The fourth-order valence-corrected chi connectivity index (χ4v) is 3.38. The molecule has 4 aromatic rings. The molecule has 0 aliphatic carbocycles. The van der Waals surface area contributed by atoms with Gasteiger partial charge in [-0.25, -0.2) is 4.68 Å². The molecule has 1 amide bonds. The Bertz CT molecular complexity index is 1150. The molecule has 0 saturated carbocycles. The molecule has 0 spiro atoms. The summed E-state index contributed by atoms with van der Waals surface area (Å²) in [7, 11) is 0. The number of rotatable bonds is 6. The number of benzene rings is 2. The third-order valence-corrected chi connectivity index (χ3v) is 5.04. The Morgan fingerprint density at radius 3 is 2.72 bits per heavy atom. The fourth-order valence-electron chi connectivity index (χ4n) is 3.26. The van der Waals surface area contributed by atoms with Crippen molar-refractivity contribution in [2.24, 2.45) is 0 Å². The molecule has 0 saturated heterocycles. The summed E-state index contributed by atoms with van der Waals surface area (Å²) in [4.78, 5) is 17.0. The number of nitrogens with zero attached hydrogens (tertiary/aromatic N) is 4. The van der Waals surface area contributed by atoms with E-state index in [9.17, 15) is 4.79 Å². The first-order valence-corrected chi connectivity index (χ1v) is 9.80. The largest absolute Gasteiger partial charge is 0.351 e. The van der Waals surface area contributed by atoms with E-state index in [-0.39, 0.29) is 5.91 Å². The number of amides is 1. The Labute approximate surface area is 173 Å². The van der Waals surface area contributed by atoms with Gasteiger partial charge >= 0.3 is 0 Å². The number of nitrogens with one attached hydrogen (secondary N) is 1. The second-order valence-corrected chi connectivity index (χ2v) is 7.21. The highest BCUT2D eigenvalue weighted by atomic mass is 35.5. The molecule has 2 heterocycles. The van der Waals surface area contributed by atoms with Crippen molar-refractivity contribution in [3.8, 4) is 5.69 Å². The van der Waals surface area contributed by atoms with Crippen LogP contribution in [0.1, 0.15) is 28.2 Å². The summed E-state index contributed by atoms with van der Waals surface area (Å²) in [6.07, 6.45) is 3.44. The van der Waals surface area contributed by atoms with Crippen molar-refractivity contribution >= 4 is 28.4 Å². The standard InChI is InChI=1S/C22H20ClN5O/c1-15-20(22(29)25-14-3-5-16-9-11-18(23)12-10-16)26-27-28(15)19-8-2-6-17-7-4-13-24-21(17)19/h2,4,6-13H,3,5,14H2,1H3,(H,25,29). The Hall–Kier alpha value is -3.25. The van der Waals surface area contributed by atoms with Crippen LogP contribution in [0.4, 0.5) is 0 Å². The minimum atomic E-state index is -0.224. The molecule has 1 N–H and O–H groups in total. The van der Waals surface area contributed by atoms with Gasteiger partial charge in [0, 0.05) is 23.2 Å². The van der Waals surface area contributed by atoms with E-state index in [1.165, 1.54) is 5.56 Å². The third-order valence-electron chi connectivity index (χ3n) is 4.79. The second-order valence-electron chi connectivity index (χ2n) is 6.77. The topological polar surface area (TPSA) is 72.7 Å². The summed E-state index contributed by atoms with van der Waals surface area (Å²) in [5.41, 5.74) is 3.81. The number of carbonyl (C=O) groups is 1. The number of halogens is 1. The summed E-state index contributed by atoms with van der Waals surface area (Å²) in [5.74, 6) is -0.224. The summed E-state index contributed by atoms with van der Waals surface area (Å²) < 4.78 is 1.66. The van der Waals surface area contributed by atoms with Gasteiger partial charge in [-0.3, -0.25) is 9.78 Å². The van der Waals surface area contributed by atoms with Crippen molar-refractivity contribution in [1.29, 1.82) is 0 Å². The number of carbonyl (C=O) groups excluding carboxylic acids is 1. The zero-order chi connectivity index (χ0) is 20.2. The van der Waals surface area contributed by atoms with Crippen LogP contribution in [-0.4, -0.2) is 32.4 Å². The Kier molecular flexibility index (Phi) is 5.53. The van der Waals surface area contributed by atoms with E-state index in [4.69, 9.17) is 11.6 Å². The second kappa shape index (κ2) is 8.41. The number of hydrogen-bond acceptors (Lipinski definition) is 4. The predicted molar refractivity (Wildman–Crippen MR) is 114 cm³/mol. The molecular formula is C22H20ClN5O. The highest BCUT2D eigenvalue weighted by molar-refractivity contribution is 6.30. The van der Waals surface area contributed by atoms with Crippen LogP contribution in [0, 0.1) is 6.92 Å². The highest BCUT2D eigenvalue weighted by Crippen LogP contribution is 2.21. The first kappa shape index (κ1) is 19.1. The van der Waals surface area contributed by atoms with Crippen LogP contribution >= 0.6 is 11.6 Å². The molecule has 6 nitrogen and oxygen atoms in total. The molecule has 2 aromatic carbocycles. The van der Waals surface area contributed by atoms with Gasteiger partial charge in [-0.1, -0.05) is 47.1 Å². The predicted octanol–water partition coefficient (Wildman–Crippen LogP) is 4.14. The average Bonchev–Trinajstić information content (AvgIpc) is 3.13. The van der Waals surface area contributed by atoms with Crippen LogP contribution in [0.25, 0.3) is 16.6 Å². The molecule has 0 aliphatic rings. The van der Waals surface area contributed by atoms with Gasteiger partial charge in [-0.15, -0.1) is 5.10 Å². The Morgan fingerprint density at radius 2 is 1.90 bits per heavy atom. The summed E-state index contributed by atoms with van der Waals surface area (Å²) in [6.45, 7) is 2.40. The van der Waals surface area contributed by atoms with Crippen LogP contribution in [0.2, 0.25) is 5.02 Å². The van der Waals surface area contributed by atoms with Gasteiger partial charge in [0.1, 0.15) is 0 Å². The van der Waals surface area contributed by atoms with Crippen LogP contribution in [-0.2, 0) is 6.42 Å². The molecule has 7 heteroatoms. The van der Waals surface area contributed by atoms with E-state index < -0.39 is 0 Å². The molecule has 0 radical (unpaired) electrons. The Balaban J connectivity index is 1.44. The summed E-state index contributed by atoms with van der Waals surface area (Å²) in [5, 5.41) is 13.0. The highest BCUT2D eigenvalue weighted by Gasteiger charge is 2.18. The van der Waals surface area contributed by atoms with Crippen molar-refractivity contribution in [3.63, 3.8) is 0 Å². The van der Waals surface area contributed by atoms with E-state index in [2.05, 4.69) is 20.6 Å². The van der Waals surface area contributed by atoms with Crippen molar-refractivity contribution in [2.45, 2.75) is 19.8 Å². The SMILES string of the molecule is Cc1c(C(=O)NCCCc2ccc(Cl)cc2)nnn1-c1cccc2cccnc12. The zero-order valence-electron chi connectivity index (χ0n) is 16.0. The van der Waals surface area contributed by atoms with Crippen molar-refractivity contribution < 1.29 is 4.79 Å². The molecule has 0 fully saturated rings. The molecule has 29 heavy (non-hydrogen) atoms. The van der Waals surface area contributed by atoms with Crippen LogP contribution in [0.15, 0.2) is 60.8 Å². The number of pyridine rings is 1. The number of aromatic nitrogens is 4. The number of para-hydroxylation sites is 1. The lowest BCUT2D eigenvalue weighted by molar-refractivity contribution is 0.0947. The molecule has 146 valence electrons. The molecule has 4 rings (SSSR count). The summed E-state index contributed by atoms with van der Waals surface area (Å²) >= 11 is 5.90. The minimum absolute atomic E-state index is 0.224. The molecular weight excluding hydrogens is 386 g/mol. The van der Waals surface area contributed by atoms with Crippen LogP contribution < -0.4 is 5.32 Å². The molecule has 0 atom stereocenters. The monoisotopic (exact) mass is 405 g/mol. The van der Waals surface area contributed by atoms with E-state index in [1.54, 1.807) is 10.9 Å². The van der Waals surface area contributed by atoms with Gasteiger partial charge in [0.2, 0.25) is 0 Å². The maximum atomic E-state index is 12.6. The first-order chi connectivity index (χ1) is 14.1. The zero-order valence-corrected chi connectivity index (χ0v) is 16.7. The van der Waals surface area contributed by atoms with Gasteiger partial charge in [-0.05, 0) is 49.6 Å². The van der Waals surface area contributed by atoms with Gasteiger partial charge < -0.3 is 5.32 Å². The third kappa shape index (κ3) is 4.12. The van der Waals surface area contributed by atoms with Gasteiger partial charge in [0.15, 0.2) is 5.69 Å². The lowest BCUT2D eigenvalue weighted by Crippen LogP contribution is -2.26. The average molecular weight is 406 g/mol. The van der Waals surface area contributed by atoms with Crippen molar-refractivity contribution in [3.05, 3.63) is 82.8 Å². The minimum Gasteiger partial charge on any atom is -0.351 e. The Morgan fingerprint density at radius 1 is 1.10 bits per heavy atom. The lowest BCUT2D eigenvalue weighted by atomic mass is 10.1. The first-order valence-electron chi connectivity index (χ1n) is 9.42. The van der Waals surface area contributed by atoms with E-state index in [1.807, 2.05) is 61.5 Å². The van der Waals surface area contributed by atoms with Gasteiger partial charge in [0.25, 0.3) is 5.91 Å². The maximum absolute atomic E-state index is 12.6. The van der Waals surface area contributed by atoms with Gasteiger partial charge in [-0.2, -0.15) is 0 Å². The molecule has 0 bridgehead atoms. The lowest BCUT2D eigenvalue weighted by Gasteiger charge is -2.07. The number of aryl methyl sites for hydroxylation is 1. The number of fused-ring (bicyclic) bond motifs is 1. The summed E-state index contributed by atoms with van der Waals surface area (Å²) in [6, 6.07) is 17.5. The molecule has 0 aliphatic heterocycles. The fraction of sp³-hybridized carbons (Fsp3) is 0.182. The van der Waals surface area contributed by atoms with Crippen molar-refractivity contribution in [1.82, 2.24) is 25.3 Å².